The summed E-state index contributed by atoms with van der Waals surface area (Å²) in [6, 6.07) is 5.01. The number of carboxylic acids is 1. The van der Waals surface area contributed by atoms with Crippen molar-refractivity contribution < 1.29 is 14.6 Å². The van der Waals surface area contributed by atoms with E-state index in [2.05, 4.69) is 18.5 Å². The van der Waals surface area contributed by atoms with Gasteiger partial charge < -0.3 is 9.84 Å². The van der Waals surface area contributed by atoms with Crippen LogP contribution >= 0.6 is 0 Å². The van der Waals surface area contributed by atoms with Gasteiger partial charge >= 0.3 is 5.97 Å². The van der Waals surface area contributed by atoms with Crippen molar-refractivity contribution in [1.82, 2.24) is 0 Å². The van der Waals surface area contributed by atoms with E-state index in [1.807, 2.05) is 6.92 Å². The van der Waals surface area contributed by atoms with Crippen molar-refractivity contribution in [3.05, 3.63) is 54.3 Å². The molecule has 1 aromatic carbocycles. The van der Waals surface area contributed by atoms with Crippen LogP contribution in [0.15, 0.2) is 48.1 Å². The molecule has 0 amide bonds. The van der Waals surface area contributed by atoms with E-state index in [1.165, 1.54) is 0 Å². The number of allylic oxidation sites excluding steroid dienone is 2. The van der Waals surface area contributed by atoms with E-state index < -0.39 is 5.97 Å². The maximum absolute atomic E-state index is 11.2. The Hall–Kier alpha value is -2.36. The third-order valence-electron chi connectivity index (χ3n) is 2.88. The van der Waals surface area contributed by atoms with Gasteiger partial charge in [-0.25, -0.2) is 4.79 Å². The van der Waals surface area contributed by atoms with Gasteiger partial charge in [-0.1, -0.05) is 32.1 Å². The monoisotopic (exact) mass is 287 g/mol. The van der Waals surface area contributed by atoms with Crippen LogP contribution in [0.4, 0.5) is 0 Å². The molecular formula is C17H21NO3. The molecule has 0 aliphatic carbocycles. The fourth-order valence-corrected chi connectivity index (χ4v) is 1.66. The second kappa shape index (κ2) is 8.74. The Kier molecular flexibility index (Phi) is 6.95. The predicted molar refractivity (Wildman–Crippen MR) is 85.4 cm³/mol. The number of ether oxygens (including phenoxy) is 1. The van der Waals surface area contributed by atoms with Gasteiger partial charge in [-0.2, -0.15) is 0 Å². The van der Waals surface area contributed by atoms with Gasteiger partial charge in [0.1, 0.15) is 11.3 Å². The summed E-state index contributed by atoms with van der Waals surface area (Å²) in [5.41, 5.74) is 1.79. The molecule has 1 N–H and O–H groups in total. The minimum Gasteiger partial charge on any atom is -0.493 e. The van der Waals surface area contributed by atoms with Gasteiger partial charge in [-0.3, -0.25) is 4.99 Å². The van der Waals surface area contributed by atoms with Crippen molar-refractivity contribution in [3.63, 3.8) is 0 Å². The minimum absolute atomic E-state index is 0.171. The largest absolute Gasteiger partial charge is 0.493 e. The first-order valence-electron chi connectivity index (χ1n) is 6.92. The molecule has 0 aliphatic rings. The molecule has 1 rings (SSSR count). The van der Waals surface area contributed by atoms with Gasteiger partial charge in [0.25, 0.3) is 0 Å². The van der Waals surface area contributed by atoms with Gasteiger partial charge in [-0.05, 0) is 37.1 Å². The summed E-state index contributed by atoms with van der Waals surface area (Å²) in [4.78, 5) is 15.5. The molecule has 112 valence electrons. The Labute approximate surface area is 125 Å². The molecule has 0 fully saturated rings. The zero-order valence-corrected chi connectivity index (χ0v) is 12.5. The Morgan fingerprint density at radius 3 is 2.86 bits per heavy atom. The Bertz CT molecular complexity index is 559. The number of hydrogen-bond donors (Lipinski definition) is 1. The number of carboxylic acid groups (broad SMARTS) is 1. The lowest BCUT2D eigenvalue weighted by molar-refractivity contribution is 0.0692. The molecule has 0 spiro atoms. The quantitative estimate of drug-likeness (QED) is 0.445. The van der Waals surface area contributed by atoms with E-state index in [0.717, 1.165) is 24.1 Å². The van der Waals surface area contributed by atoms with E-state index in [9.17, 15) is 9.90 Å². The average molecular weight is 287 g/mol. The summed E-state index contributed by atoms with van der Waals surface area (Å²) in [5, 5.41) is 9.19. The average Bonchev–Trinajstić information content (AvgIpc) is 2.47. The molecule has 0 atom stereocenters. The van der Waals surface area contributed by atoms with Gasteiger partial charge in [-0.15, -0.1) is 0 Å². The summed E-state index contributed by atoms with van der Waals surface area (Å²) in [5.74, 6) is -0.607. The van der Waals surface area contributed by atoms with Crippen LogP contribution in [-0.2, 0) is 0 Å². The molecule has 0 heterocycles. The van der Waals surface area contributed by atoms with Crippen molar-refractivity contribution in [1.29, 1.82) is 0 Å². The Balaban J connectivity index is 3.05. The summed E-state index contributed by atoms with van der Waals surface area (Å²) in [6.45, 7) is 8.00. The number of aliphatic imine (C=N–C) groups is 1. The highest BCUT2D eigenvalue weighted by atomic mass is 16.5. The molecule has 0 saturated carbocycles. The molecule has 0 bridgehead atoms. The number of benzene rings is 1. The van der Waals surface area contributed by atoms with Crippen LogP contribution in [0.25, 0.3) is 0 Å². The molecule has 0 radical (unpaired) electrons. The van der Waals surface area contributed by atoms with E-state index in [0.29, 0.717) is 12.4 Å². The number of aromatic carboxylic acids is 1. The SMILES string of the molecule is C=C/C=C\N=C(C)c1ccc(C(=O)O)c(OCCCC)c1. The van der Waals surface area contributed by atoms with Crippen LogP contribution in [-0.4, -0.2) is 23.4 Å². The lowest BCUT2D eigenvalue weighted by Gasteiger charge is -2.10. The van der Waals surface area contributed by atoms with Gasteiger partial charge in [0.15, 0.2) is 0 Å². The molecule has 1 aromatic rings. The predicted octanol–water partition coefficient (Wildman–Crippen LogP) is 4.07. The zero-order valence-electron chi connectivity index (χ0n) is 12.5. The fourth-order valence-electron chi connectivity index (χ4n) is 1.66. The van der Waals surface area contributed by atoms with Crippen LogP contribution in [0.3, 0.4) is 0 Å². The van der Waals surface area contributed by atoms with Crippen LogP contribution in [0, 0.1) is 0 Å². The maximum Gasteiger partial charge on any atom is 0.339 e. The first-order chi connectivity index (χ1) is 10.1. The van der Waals surface area contributed by atoms with Crippen LogP contribution < -0.4 is 4.74 Å². The summed E-state index contributed by atoms with van der Waals surface area (Å²) < 4.78 is 5.59. The number of hydrogen-bond acceptors (Lipinski definition) is 3. The van der Waals surface area contributed by atoms with Crippen molar-refractivity contribution in [3.8, 4) is 5.75 Å². The summed E-state index contributed by atoms with van der Waals surface area (Å²) in [6.07, 6.45) is 6.90. The third-order valence-corrected chi connectivity index (χ3v) is 2.88. The second-order valence-corrected chi connectivity index (χ2v) is 4.51. The number of unbranched alkanes of at least 4 members (excludes halogenated alkanes) is 1. The van der Waals surface area contributed by atoms with Crippen LogP contribution in [0.2, 0.25) is 0 Å². The third kappa shape index (κ3) is 5.26. The smallest absolute Gasteiger partial charge is 0.339 e. The molecule has 0 saturated heterocycles. The van der Waals surface area contributed by atoms with Gasteiger partial charge in [0.05, 0.1) is 6.61 Å². The van der Waals surface area contributed by atoms with Gasteiger partial charge in [0.2, 0.25) is 0 Å². The molecule has 0 unspecified atom stereocenters. The van der Waals surface area contributed by atoms with Crippen molar-refractivity contribution in [2.24, 2.45) is 4.99 Å². The summed E-state index contributed by atoms with van der Waals surface area (Å²) >= 11 is 0. The minimum atomic E-state index is -0.991. The van der Waals surface area contributed by atoms with Crippen LogP contribution in [0.5, 0.6) is 5.75 Å². The first kappa shape index (κ1) is 16.7. The van der Waals surface area contributed by atoms with E-state index in [4.69, 9.17) is 4.74 Å². The number of nitrogens with zero attached hydrogens (tertiary/aromatic N) is 1. The maximum atomic E-state index is 11.2. The first-order valence-corrected chi connectivity index (χ1v) is 6.92. The van der Waals surface area contributed by atoms with Crippen molar-refractivity contribution >= 4 is 11.7 Å². The standard InChI is InChI=1S/C17H21NO3/c1-4-6-10-18-13(3)14-8-9-15(17(19)20)16(12-14)21-11-7-5-2/h4,6,8-10,12H,1,5,7,11H2,2-3H3,(H,19,20)/b10-6-,18-13?. The van der Waals surface area contributed by atoms with Gasteiger partial charge in [0, 0.05) is 11.9 Å². The molecule has 4 heteroatoms. The Morgan fingerprint density at radius 2 is 2.24 bits per heavy atom. The topological polar surface area (TPSA) is 58.9 Å². The van der Waals surface area contributed by atoms with E-state index in [-0.39, 0.29) is 5.56 Å². The second-order valence-electron chi connectivity index (χ2n) is 4.51. The number of carbonyl (C=O) groups is 1. The highest BCUT2D eigenvalue weighted by Gasteiger charge is 2.12. The molecular weight excluding hydrogens is 266 g/mol. The van der Waals surface area contributed by atoms with Crippen molar-refractivity contribution in [2.45, 2.75) is 26.7 Å². The van der Waals surface area contributed by atoms with Crippen molar-refractivity contribution in [2.75, 3.05) is 6.61 Å². The number of rotatable bonds is 8. The fraction of sp³-hybridized carbons (Fsp3) is 0.294. The molecule has 4 nitrogen and oxygen atoms in total. The zero-order chi connectivity index (χ0) is 15.7. The van der Waals surface area contributed by atoms with E-state index >= 15 is 0 Å². The highest BCUT2D eigenvalue weighted by molar-refractivity contribution is 6.01. The van der Waals surface area contributed by atoms with E-state index in [1.54, 1.807) is 36.6 Å². The molecule has 0 aliphatic heterocycles. The molecule has 21 heavy (non-hydrogen) atoms. The Morgan fingerprint density at radius 1 is 1.48 bits per heavy atom. The highest BCUT2D eigenvalue weighted by Crippen LogP contribution is 2.21. The molecule has 0 aromatic heterocycles. The summed E-state index contributed by atoms with van der Waals surface area (Å²) in [7, 11) is 0. The normalized spacial score (nSPS) is 11.6. The lowest BCUT2D eigenvalue weighted by atomic mass is 10.1. The lowest BCUT2D eigenvalue weighted by Crippen LogP contribution is -2.06. The van der Waals surface area contributed by atoms with Crippen LogP contribution in [0.1, 0.15) is 42.6 Å².